The van der Waals surface area contributed by atoms with E-state index < -0.39 is 16.9 Å². The molecule has 0 fully saturated rings. The summed E-state index contributed by atoms with van der Waals surface area (Å²) in [4.78, 5) is 20.8. The van der Waals surface area contributed by atoms with Crippen LogP contribution < -0.4 is 5.32 Å². The maximum absolute atomic E-state index is 10.8. The van der Waals surface area contributed by atoms with Crippen LogP contribution in [0.2, 0.25) is 0 Å². The molecule has 0 heterocycles. The number of nitrogens with one attached hydrogen (secondary N) is 1. The third-order valence-electron chi connectivity index (χ3n) is 2.74. The van der Waals surface area contributed by atoms with E-state index in [0.29, 0.717) is 6.42 Å². The minimum Gasteiger partial charge on any atom is -0.480 e. The molecule has 0 aliphatic rings. The monoisotopic (exact) mass is 252 g/mol. The Morgan fingerprint density at radius 1 is 1.44 bits per heavy atom. The first-order valence-corrected chi connectivity index (χ1v) is 5.69. The number of nitro groups is 1. The van der Waals surface area contributed by atoms with Gasteiger partial charge in [-0.05, 0) is 18.9 Å². The molecule has 0 aliphatic heterocycles. The van der Waals surface area contributed by atoms with E-state index in [4.69, 9.17) is 5.11 Å². The molecule has 2 atom stereocenters. The van der Waals surface area contributed by atoms with E-state index in [1.807, 2.05) is 6.92 Å². The molecule has 0 aromatic heterocycles. The van der Waals surface area contributed by atoms with Crippen LogP contribution in [0, 0.1) is 10.1 Å². The van der Waals surface area contributed by atoms with Gasteiger partial charge < -0.3 is 5.11 Å². The first-order chi connectivity index (χ1) is 8.45. The summed E-state index contributed by atoms with van der Waals surface area (Å²) in [5, 5.41) is 22.3. The van der Waals surface area contributed by atoms with E-state index >= 15 is 0 Å². The number of hydrogen-bond acceptors (Lipinski definition) is 4. The topological polar surface area (TPSA) is 92.5 Å². The highest BCUT2D eigenvalue weighted by Crippen LogP contribution is 2.20. The molecule has 2 unspecified atom stereocenters. The van der Waals surface area contributed by atoms with Gasteiger partial charge in [-0.15, -0.1) is 0 Å². The van der Waals surface area contributed by atoms with Crippen molar-refractivity contribution in [1.29, 1.82) is 0 Å². The fourth-order valence-electron chi connectivity index (χ4n) is 1.65. The second kappa shape index (κ2) is 6.11. The Balaban J connectivity index is 2.82. The molecule has 1 aromatic rings. The molecule has 6 heteroatoms. The second-order valence-electron chi connectivity index (χ2n) is 4.04. The van der Waals surface area contributed by atoms with Crippen molar-refractivity contribution in [3.8, 4) is 0 Å². The van der Waals surface area contributed by atoms with Crippen molar-refractivity contribution < 1.29 is 14.8 Å². The van der Waals surface area contributed by atoms with Gasteiger partial charge in [0.05, 0.1) is 4.92 Å². The summed E-state index contributed by atoms with van der Waals surface area (Å²) in [5.41, 5.74) is 0.871. The van der Waals surface area contributed by atoms with Gasteiger partial charge in [-0.25, -0.2) is 0 Å². The van der Waals surface area contributed by atoms with Gasteiger partial charge in [0.25, 0.3) is 5.69 Å². The predicted octanol–water partition coefficient (Wildman–Crippen LogP) is 2.11. The molecule has 98 valence electrons. The van der Waals surface area contributed by atoms with E-state index in [9.17, 15) is 14.9 Å². The molecule has 0 amide bonds. The van der Waals surface area contributed by atoms with Crippen LogP contribution in [0.4, 0.5) is 5.69 Å². The molecular weight excluding hydrogens is 236 g/mol. The molecule has 0 radical (unpaired) electrons. The van der Waals surface area contributed by atoms with Crippen LogP contribution in [-0.2, 0) is 4.79 Å². The zero-order valence-corrected chi connectivity index (χ0v) is 10.3. The summed E-state index contributed by atoms with van der Waals surface area (Å²) in [6.07, 6.45) is 0.704. The van der Waals surface area contributed by atoms with Gasteiger partial charge in [0.2, 0.25) is 0 Å². The van der Waals surface area contributed by atoms with Crippen LogP contribution in [0.25, 0.3) is 0 Å². The molecule has 0 aliphatic carbocycles. The van der Waals surface area contributed by atoms with Crippen molar-refractivity contribution in [2.24, 2.45) is 0 Å². The number of carbonyl (C=O) groups is 1. The van der Waals surface area contributed by atoms with Crippen molar-refractivity contribution >= 4 is 11.7 Å². The molecule has 18 heavy (non-hydrogen) atoms. The van der Waals surface area contributed by atoms with Gasteiger partial charge in [-0.1, -0.05) is 19.1 Å². The Kier molecular flexibility index (Phi) is 4.79. The second-order valence-corrected chi connectivity index (χ2v) is 4.04. The normalized spacial score (nSPS) is 13.9. The van der Waals surface area contributed by atoms with E-state index in [0.717, 1.165) is 5.56 Å². The molecule has 0 saturated carbocycles. The van der Waals surface area contributed by atoms with E-state index in [1.54, 1.807) is 19.1 Å². The molecule has 1 aromatic carbocycles. The third kappa shape index (κ3) is 3.53. The van der Waals surface area contributed by atoms with Crippen molar-refractivity contribution in [1.82, 2.24) is 5.32 Å². The lowest BCUT2D eigenvalue weighted by atomic mass is 10.0. The largest absolute Gasteiger partial charge is 0.480 e. The smallest absolute Gasteiger partial charge is 0.320 e. The first-order valence-electron chi connectivity index (χ1n) is 5.69. The summed E-state index contributed by atoms with van der Waals surface area (Å²) in [5.74, 6) is -0.921. The van der Waals surface area contributed by atoms with Gasteiger partial charge in [-0.2, -0.15) is 0 Å². The standard InChI is InChI=1S/C12H16N2O4/c1-3-11(13-8(2)12(15)16)9-4-6-10(7-5-9)14(17)18/h4-8,11,13H,3H2,1-2H3,(H,15,16). The minimum absolute atomic E-state index is 0.0277. The Morgan fingerprint density at radius 3 is 2.39 bits per heavy atom. The van der Waals surface area contributed by atoms with Crippen molar-refractivity contribution in [3.63, 3.8) is 0 Å². The zero-order valence-electron chi connectivity index (χ0n) is 10.3. The Morgan fingerprint density at radius 2 is 2.00 bits per heavy atom. The van der Waals surface area contributed by atoms with Crippen LogP contribution in [0.1, 0.15) is 31.9 Å². The maximum Gasteiger partial charge on any atom is 0.320 e. The van der Waals surface area contributed by atoms with Crippen LogP contribution in [0.3, 0.4) is 0 Å². The van der Waals surface area contributed by atoms with Crippen molar-refractivity contribution in [2.45, 2.75) is 32.4 Å². The highest BCUT2D eigenvalue weighted by atomic mass is 16.6. The average molecular weight is 252 g/mol. The van der Waals surface area contributed by atoms with E-state index in [2.05, 4.69) is 5.32 Å². The molecule has 6 nitrogen and oxygen atoms in total. The Bertz CT molecular complexity index is 430. The summed E-state index contributed by atoms with van der Waals surface area (Å²) in [6.45, 7) is 3.49. The number of rotatable bonds is 6. The summed E-state index contributed by atoms with van der Waals surface area (Å²) < 4.78 is 0. The predicted molar refractivity (Wildman–Crippen MR) is 66.4 cm³/mol. The lowest BCUT2D eigenvalue weighted by Crippen LogP contribution is -2.36. The van der Waals surface area contributed by atoms with Crippen LogP contribution in [0.5, 0.6) is 0 Å². The minimum atomic E-state index is -0.921. The number of benzene rings is 1. The molecule has 0 saturated heterocycles. The lowest BCUT2D eigenvalue weighted by Gasteiger charge is -2.20. The van der Waals surface area contributed by atoms with Gasteiger partial charge in [0.15, 0.2) is 0 Å². The molecule has 0 spiro atoms. The Hall–Kier alpha value is -1.95. The number of hydrogen-bond donors (Lipinski definition) is 2. The quantitative estimate of drug-likeness (QED) is 0.597. The van der Waals surface area contributed by atoms with E-state index in [1.165, 1.54) is 12.1 Å². The summed E-state index contributed by atoms with van der Waals surface area (Å²) in [6, 6.07) is 5.35. The average Bonchev–Trinajstić information content (AvgIpc) is 2.35. The number of carboxylic acid groups (broad SMARTS) is 1. The van der Waals surface area contributed by atoms with Crippen LogP contribution in [0.15, 0.2) is 24.3 Å². The number of carboxylic acids is 1. The SMILES string of the molecule is CCC(NC(C)C(=O)O)c1ccc([N+](=O)[O-])cc1. The molecule has 0 bridgehead atoms. The number of nitro benzene ring substituents is 1. The van der Waals surface area contributed by atoms with Gasteiger partial charge in [0, 0.05) is 18.2 Å². The van der Waals surface area contributed by atoms with Gasteiger partial charge in [-0.3, -0.25) is 20.2 Å². The fraction of sp³-hybridized carbons (Fsp3) is 0.417. The fourth-order valence-corrected chi connectivity index (χ4v) is 1.65. The summed E-state index contributed by atoms with van der Waals surface area (Å²) >= 11 is 0. The van der Waals surface area contributed by atoms with Gasteiger partial charge >= 0.3 is 5.97 Å². The first kappa shape index (κ1) is 14.1. The van der Waals surface area contributed by atoms with E-state index in [-0.39, 0.29) is 11.7 Å². The molecular formula is C12H16N2O4. The number of aliphatic carboxylic acids is 1. The van der Waals surface area contributed by atoms with Gasteiger partial charge in [0.1, 0.15) is 6.04 Å². The van der Waals surface area contributed by atoms with Crippen LogP contribution >= 0.6 is 0 Å². The summed E-state index contributed by atoms with van der Waals surface area (Å²) in [7, 11) is 0. The number of non-ortho nitro benzene ring substituents is 1. The molecule has 2 N–H and O–H groups in total. The zero-order chi connectivity index (χ0) is 13.7. The van der Waals surface area contributed by atoms with Crippen molar-refractivity contribution in [3.05, 3.63) is 39.9 Å². The highest BCUT2D eigenvalue weighted by Gasteiger charge is 2.17. The maximum atomic E-state index is 10.8. The lowest BCUT2D eigenvalue weighted by molar-refractivity contribution is -0.384. The van der Waals surface area contributed by atoms with Crippen LogP contribution in [-0.4, -0.2) is 22.0 Å². The highest BCUT2D eigenvalue weighted by molar-refractivity contribution is 5.72. The molecule has 1 rings (SSSR count). The Labute approximate surface area is 105 Å². The third-order valence-corrected chi connectivity index (χ3v) is 2.74. The van der Waals surface area contributed by atoms with Crippen molar-refractivity contribution in [2.75, 3.05) is 0 Å². The number of nitrogens with zero attached hydrogens (tertiary/aromatic N) is 1.